The van der Waals surface area contributed by atoms with E-state index in [-0.39, 0.29) is 6.04 Å². The molecule has 0 aromatic heterocycles. The van der Waals surface area contributed by atoms with Crippen LogP contribution in [-0.2, 0) is 0 Å². The standard InChI is InChI=1S/C15H32NP/c1-7-13(8-2)15(16)11-12-17(5,6)14(9-3)10-4/h7,13-15H,1,5,8-12,16H2,2-4,6H3. The molecule has 0 saturated carbocycles. The fourth-order valence-electron chi connectivity index (χ4n) is 2.66. The molecule has 102 valence electrons. The largest absolute Gasteiger partial charge is 0.327 e. The van der Waals surface area contributed by atoms with Gasteiger partial charge in [-0.3, -0.25) is 0 Å². The van der Waals surface area contributed by atoms with Crippen molar-refractivity contribution in [3.05, 3.63) is 12.7 Å². The molecule has 3 atom stereocenters. The Kier molecular flexibility index (Phi) is 8.16. The third-order valence-electron chi connectivity index (χ3n) is 4.12. The molecule has 0 bridgehead atoms. The predicted molar refractivity (Wildman–Crippen MR) is 85.8 cm³/mol. The second-order valence-electron chi connectivity index (χ2n) is 5.43. The Morgan fingerprint density at radius 2 is 1.71 bits per heavy atom. The van der Waals surface area contributed by atoms with Gasteiger partial charge in [0.2, 0.25) is 0 Å². The van der Waals surface area contributed by atoms with Crippen LogP contribution in [-0.4, -0.2) is 30.8 Å². The lowest BCUT2D eigenvalue weighted by Gasteiger charge is -2.30. The summed E-state index contributed by atoms with van der Waals surface area (Å²) >= 11 is 0. The van der Waals surface area contributed by atoms with Gasteiger partial charge in [-0.05, 0) is 50.1 Å². The van der Waals surface area contributed by atoms with E-state index in [4.69, 9.17) is 5.73 Å². The van der Waals surface area contributed by atoms with E-state index in [9.17, 15) is 0 Å². The van der Waals surface area contributed by atoms with Crippen molar-refractivity contribution in [3.8, 4) is 0 Å². The van der Waals surface area contributed by atoms with E-state index in [1.54, 1.807) is 0 Å². The molecule has 0 heterocycles. The van der Waals surface area contributed by atoms with Crippen LogP contribution in [0.4, 0.5) is 0 Å². The molecule has 3 unspecified atom stereocenters. The molecular formula is C15H32NP. The van der Waals surface area contributed by atoms with Gasteiger partial charge in [-0.15, -0.1) is 19.8 Å². The first-order valence-corrected chi connectivity index (χ1v) is 9.68. The highest BCUT2D eigenvalue weighted by atomic mass is 31.2. The van der Waals surface area contributed by atoms with Crippen molar-refractivity contribution in [2.24, 2.45) is 11.7 Å². The summed E-state index contributed by atoms with van der Waals surface area (Å²) in [5, 5.41) is 0. The van der Waals surface area contributed by atoms with Crippen LogP contribution in [0.3, 0.4) is 0 Å². The molecule has 0 rings (SSSR count). The molecule has 0 fully saturated rings. The van der Waals surface area contributed by atoms with Gasteiger partial charge in [0.15, 0.2) is 0 Å². The minimum Gasteiger partial charge on any atom is -0.327 e. The SMILES string of the molecule is C=CC(CC)C(N)CCP(=C)(C)C(CC)CC. The monoisotopic (exact) mass is 257 g/mol. The van der Waals surface area contributed by atoms with Crippen molar-refractivity contribution < 1.29 is 0 Å². The van der Waals surface area contributed by atoms with Gasteiger partial charge < -0.3 is 5.73 Å². The molecule has 0 spiro atoms. The molecular weight excluding hydrogens is 225 g/mol. The Morgan fingerprint density at radius 3 is 2.06 bits per heavy atom. The van der Waals surface area contributed by atoms with E-state index in [0.717, 1.165) is 18.5 Å². The lowest BCUT2D eigenvalue weighted by atomic mass is 9.96. The fourth-order valence-corrected chi connectivity index (χ4v) is 5.67. The van der Waals surface area contributed by atoms with Crippen LogP contribution < -0.4 is 5.73 Å². The minimum atomic E-state index is -1.03. The van der Waals surface area contributed by atoms with E-state index in [1.165, 1.54) is 19.0 Å². The zero-order valence-electron chi connectivity index (χ0n) is 12.3. The third-order valence-corrected chi connectivity index (χ3v) is 7.89. The van der Waals surface area contributed by atoms with Crippen molar-refractivity contribution >= 4 is 13.2 Å². The van der Waals surface area contributed by atoms with Crippen LogP contribution in [0.1, 0.15) is 46.5 Å². The molecule has 0 amide bonds. The van der Waals surface area contributed by atoms with Crippen LogP contribution in [0.15, 0.2) is 12.7 Å². The summed E-state index contributed by atoms with van der Waals surface area (Å²) in [6, 6.07) is 0.271. The summed E-state index contributed by atoms with van der Waals surface area (Å²) in [5.41, 5.74) is 7.07. The highest BCUT2D eigenvalue weighted by Crippen LogP contribution is 2.49. The summed E-state index contributed by atoms with van der Waals surface area (Å²) < 4.78 is 0. The third kappa shape index (κ3) is 5.44. The van der Waals surface area contributed by atoms with E-state index in [1.807, 2.05) is 6.08 Å². The Labute approximate surface area is 109 Å². The van der Waals surface area contributed by atoms with Crippen molar-refractivity contribution in [1.29, 1.82) is 0 Å². The summed E-state index contributed by atoms with van der Waals surface area (Å²) in [5.74, 6) is 0.469. The Hall–Kier alpha value is 0. The first-order chi connectivity index (χ1) is 7.92. The van der Waals surface area contributed by atoms with Gasteiger partial charge in [-0.25, -0.2) is 0 Å². The van der Waals surface area contributed by atoms with Gasteiger partial charge in [0.05, 0.1) is 0 Å². The number of hydrogen-bond donors (Lipinski definition) is 1. The minimum absolute atomic E-state index is 0.271. The first-order valence-electron chi connectivity index (χ1n) is 7.00. The van der Waals surface area contributed by atoms with Gasteiger partial charge in [-0.2, -0.15) is 0 Å². The molecule has 0 aromatic carbocycles. The maximum absolute atomic E-state index is 6.25. The predicted octanol–water partition coefficient (Wildman–Crippen LogP) is 4.18. The van der Waals surface area contributed by atoms with E-state index >= 15 is 0 Å². The number of nitrogens with two attached hydrogens (primary N) is 1. The van der Waals surface area contributed by atoms with Crippen molar-refractivity contribution in [1.82, 2.24) is 0 Å². The molecule has 1 nitrogen and oxygen atoms in total. The molecule has 0 aliphatic rings. The second kappa shape index (κ2) is 8.16. The van der Waals surface area contributed by atoms with Gasteiger partial charge in [0.1, 0.15) is 0 Å². The average molecular weight is 257 g/mol. The van der Waals surface area contributed by atoms with Crippen LogP contribution >= 0.6 is 6.89 Å². The zero-order valence-corrected chi connectivity index (χ0v) is 13.2. The Morgan fingerprint density at radius 1 is 1.18 bits per heavy atom. The average Bonchev–Trinajstić information content (AvgIpc) is 2.29. The van der Waals surface area contributed by atoms with Crippen LogP contribution in [0.25, 0.3) is 0 Å². The normalized spacial score (nSPS) is 18.7. The molecule has 0 aromatic rings. The van der Waals surface area contributed by atoms with Gasteiger partial charge in [0.25, 0.3) is 0 Å². The van der Waals surface area contributed by atoms with E-state index in [0.29, 0.717) is 5.92 Å². The van der Waals surface area contributed by atoms with Crippen molar-refractivity contribution in [2.75, 3.05) is 12.8 Å². The summed E-state index contributed by atoms with van der Waals surface area (Å²) in [6.45, 7) is 12.0. The summed E-state index contributed by atoms with van der Waals surface area (Å²) in [6.07, 6.45) is 12.5. The van der Waals surface area contributed by atoms with E-state index in [2.05, 4.69) is 40.3 Å². The number of rotatable bonds is 9. The maximum atomic E-state index is 6.25. The van der Waals surface area contributed by atoms with Crippen LogP contribution in [0.5, 0.6) is 0 Å². The molecule has 2 heteroatoms. The molecule has 17 heavy (non-hydrogen) atoms. The van der Waals surface area contributed by atoms with Gasteiger partial charge in [-0.1, -0.05) is 26.8 Å². The van der Waals surface area contributed by atoms with Crippen molar-refractivity contribution in [2.45, 2.75) is 58.2 Å². The number of hydrogen-bond acceptors (Lipinski definition) is 1. The van der Waals surface area contributed by atoms with E-state index < -0.39 is 6.89 Å². The second-order valence-corrected chi connectivity index (χ2v) is 9.57. The first kappa shape index (κ1) is 17.0. The summed E-state index contributed by atoms with van der Waals surface area (Å²) in [7, 11) is 0. The topological polar surface area (TPSA) is 26.0 Å². The Bertz CT molecular complexity index is 256. The van der Waals surface area contributed by atoms with Gasteiger partial charge in [0, 0.05) is 6.04 Å². The highest BCUT2D eigenvalue weighted by Gasteiger charge is 2.20. The summed E-state index contributed by atoms with van der Waals surface area (Å²) in [4.78, 5) is 0. The zero-order chi connectivity index (χ0) is 13.5. The lowest BCUT2D eigenvalue weighted by Crippen LogP contribution is -2.30. The van der Waals surface area contributed by atoms with Crippen LogP contribution in [0.2, 0.25) is 0 Å². The molecule has 2 N–H and O–H groups in total. The molecule has 0 aliphatic carbocycles. The maximum Gasteiger partial charge on any atom is 0.0105 e. The smallest absolute Gasteiger partial charge is 0.0105 e. The fraction of sp³-hybridized carbons (Fsp3) is 0.800. The lowest BCUT2D eigenvalue weighted by molar-refractivity contribution is 0.478. The highest BCUT2D eigenvalue weighted by molar-refractivity contribution is 7.73. The molecule has 0 saturated heterocycles. The van der Waals surface area contributed by atoms with Gasteiger partial charge >= 0.3 is 0 Å². The molecule has 0 radical (unpaired) electrons. The van der Waals surface area contributed by atoms with Crippen LogP contribution in [0, 0.1) is 5.92 Å². The quantitative estimate of drug-likeness (QED) is 0.486. The van der Waals surface area contributed by atoms with Crippen molar-refractivity contribution in [3.63, 3.8) is 0 Å². The Balaban J connectivity index is 4.35. The molecule has 0 aliphatic heterocycles.